The third-order valence-electron chi connectivity index (χ3n) is 4.26. The van der Waals surface area contributed by atoms with E-state index in [1.54, 1.807) is 12.1 Å². The second-order valence-electron chi connectivity index (χ2n) is 5.31. The Morgan fingerprint density at radius 1 is 0.619 bits per heavy atom. The van der Waals surface area contributed by atoms with Crippen molar-refractivity contribution in [3.05, 3.63) is 66.2 Å². The van der Waals surface area contributed by atoms with Crippen LogP contribution in [-0.4, -0.2) is 4.40 Å². The molecule has 0 radical (unpaired) electrons. The number of fused-ring (bicyclic) bond motifs is 6. The van der Waals surface area contributed by atoms with Gasteiger partial charge >= 0.3 is 0 Å². The lowest BCUT2D eigenvalue weighted by molar-refractivity contribution is 0.640. The summed E-state index contributed by atoms with van der Waals surface area (Å²) in [6.45, 7) is 0. The van der Waals surface area contributed by atoms with Crippen molar-refractivity contribution in [1.82, 2.24) is 4.40 Å². The van der Waals surface area contributed by atoms with Gasteiger partial charge in [0.15, 0.2) is 0 Å². The van der Waals surface area contributed by atoms with E-state index in [0.717, 1.165) is 27.3 Å². The van der Waals surface area contributed by atoms with Crippen LogP contribution >= 0.6 is 0 Å². The van der Waals surface area contributed by atoms with Gasteiger partial charge in [0, 0.05) is 21.5 Å². The van der Waals surface area contributed by atoms with Crippen molar-refractivity contribution in [3.8, 4) is 0 Å². The normalized spacial score (nSPS) is 12.3. The van der Waals surface area contributed by atoms with Gasteiger partial charge in [0.1, 0.15) is 11.6 Å². The van der Waals surface area contributed by atoms with E-state index in [1.807, 2.05) is 34.7 Å². The highest BCUT2D eigenvalue weighted by Crippen LogP contribution is 2.40. The summed E-state index contributed by atoms with van der Waals surface area (Å²) in [5.74, 6) is -0.485. The summed E-state index contributed by atoms with van der Waals surface area (Å²) in [6.07, 6.45) is 0. The van der Waals surface area contributed by atoms with Gasteiger partial charge in [-0.2, -0.15) is 0 Å². The van der Waals surface area contributed by atoms with E-state index < -0.39 is 0 Å². The van der Waals surface area contributed by atoms with Crippen molar-refractivity contribution in [2.75, 3.05) is 0 Å². The molecule has 0 aliphatic rings. The average molecular weight is 277 g/mol. The van der Waals surface area contributed by atoms with Gasteiger partial charge in [-0.25, -0.2) is 8.78 Å². The molecule has 0 atom stereocenters. The third-order valence-corrected chi connectivity index (χ3v) is 4.26. The Labute approximate surface area is 118 Å². The van der Waals surface area contributed by atoms with Crippen molar-refractivity contribution >= 4 is 38.1 Å². The Kier molecular flexibility index (Phi) is 1.84. The third kappa shape index (κ3) is 1.16. The minimum atomic E-state index is -0.242. The molecule has 5 rings (SSSR count). The van der Waals surface area contributed by atoms with Gasteiger partial charge in [0.25, 0.3) is 0 Å². The molecule has 100 valence electrons. The Bertz CT molecular complexity index is 1070. The van der Waals surface area contributed by atoms with E-state index in [-0.39, 0.29) is 11.6 Å². The van der Waals surface area contributed by atoms with Crippen LogP contribution in [0.15, 0.2) is 54.6 Å². The molecule has 3 aromatic carbocycles. The average Bonchev–Trinajstić information content (AvgIpc) is 3.00. The number of hydrogen-bond acceptors (Lipinski definition) is 0. The number of hydrogen-bond donors (Lipinski definition) is 0. The van der Waals surface area contributed by atoms with E-state index in [0.29, 0.717) is 10.8 Å². The molecular formula is C18H9F2N. The van der Waals surface area contributed by atoms with E-state index in [9.17, 15) is 8.78 Å². The lowest BCUT2D eigenvalue weighted by Gasteiger charge is -1.98. The summed E-state index contributed by atoms with van der Waals surface area (Å²) in [4.78, 5) is 0. The second-order valence-corrected chi connectivity index (χ2v) is 5.31. The predicted octanol–water partition coefficient (Wildman–Crippen LogP) is 5.11. The molecule has 0 N–H and O–H groups in total. The van der Waals surface area contributed by atoms with Crippen LogP contribution in [0.25, 0.3) is 38.1 Å². The van der Waals surface area contributed by atoms with Gasteiger partial charge < -0.3 is 4.40 Å². The molecule has 0 fully saturated rings. The van der Waals surface area contributed by atoms with Crippen molar-refractivity contribution in [1.29, 1.82) is 0 Å². The van der Waals surface area contributed by atoms with Crippen LogP contribution in [0, 0.1) is 11.6 Å². The number of benzene rings is 3. The van der Waals surface area contributed by atoms with Crippen LogP contribution in [0.5, 0.6) is 0 Å². The highest BCUT2D eigenvalue weighted by Gasteiger charge is 2.20. The van der Waals surface area contributed by atoms with Crippen LogP contribution in [0.2, 0.25) is 0 Å². The van der Waals surface area contributed by atoms with Gasteiger partial charge in [-0.15, -0.1) is 0 Å². The molecule has 0 saturated heterocycles. The van der Waals surface area contributed by atoms with Crippen LogP contribution in [0.3, 0.4) is 0 Å². The fourth-order valence-electron chi connectivity index (χ4n) is 3.49. The van der Waals surface area contributed by atoms with Gasteiger partial charge in [0.2, 0.25) is 0 Å². The lowest BCUT2D eigenvalue weighted by Crippen LogP contribution is -1.83. The molecule has 2 aromatic heterocycles. The maximum atomic E-state index is 14.3. The molecule has 0 saturated carbocycles. The van der Waals surface area contributed by atoms with E-state index in [4.69, 9.17) is 0 Å². The Hall–Kier alpha value is -2.68. The topological polar surface area (TPSA) is 4.41 Å². The molecule has 5 aromatic rings. The maximum absolute atomic E-state index is 14.3. The molecule has 0 amide bonds. The standard InChI is InChI=1S/C18H9F2N/c19-12-6-2-8-14-16(12)10-4-1-5-11-17-13(20)7-3-9-15(17)21(14)18(10)11/h1-9H. The molecule has 2 heterocycles. The minimum absolute atomic E-state index is 0.242. The van der Waals surface area contributed by atoms with Crippen LogP contribution in [0.4, 0.5) is 8.78 Å². The minimum Gasteiger partial charge on any atom is -0.308 e. The van der Waals surface area contributed by atoms with Crippen LogP contribution in [-0.2, 0) is 0 Å². The Balaban J connectivity index is 2.30. The van der Waals surface area contributed by atoms with Crippen LogP contribution in [0.1, 0.15) is 0 Å². The number of rotatable bonds is 0. The first kappa shape index (κ1) is 11.0. The van der Waals surface area contributed by atoms with Gasteiger partial charge in [-0.1, -0.05) is 30.3 Å². The summed E-state index contributed by atoms with van der Waals surface area (Å²) in [6, 6.07) is 15.7. The molecular weight excluding hydrogens is 268 g/mol. The van der Waals surface area contributed by atoms with E-state index in [1.165, 1.54) is 12.1 Å². The highest BCUT2D eigenvalue weighted by molar-refractivity contribution is 6.23. The van der Waals surface area contributed by atoms with Crippen LogP contribution < -0.4 is 0 Å². The molecule has 0 bridgehead atoms. The Morgan fingerprint density at radius 2 is 1.10 bits per heavy atom. The number of para-hydroxylation sites is 1. The first-order chi connectivity index (χ1) is 10.3. The SMILES string of the molecule is Fc1cccc2c1c1cccc3c4c(F)cccc4n2c13. The van der Waals surface area contributed by atoms with Crippen molar-refractivity contribution < 1.29 is 8.78 Å². The van der Waals surface area contributed by atoms with Gasteiger partial charge in [-0.05, 0) is 24.3 Å². The predicted molar refractivity (Wildman–Crippen MR) is 81.0 cm³/mol. The first-order valence-electron chi connectivity index (χ1n) is 6.78. The zero-order valence-electron chi connectivity index (χ0n) is 10.9. The molecule has 21 heavy (non-hydrogen) atoms. The summed E-state index contributed by atoms with van der Waals surface area (Å²) in [7, 11) is 0. The zero-order valence-corrected chi connectivity index (χ0v) is 10.9. The smallest absolute Gasteiger partial charge is 0.133 e. The van der Waals surface area contributed by atoms with Gasteiger partial charge in [0.05, 0.1) is 16.6 Å². The largest absolute Gasteiger partial charge is 0.308 e. The fourth-order valence-corrected chi connectivity index (χ4v) is 3.49. The summed E-state index contributed by atoms with van der Waals surface area (Å²) >= 11 is 0. The van der Waals surface area contributed by atoms with Crippen molar-refractivity contribution in [2.24, 2.45) is 0 Å². The highest BCUT2D eigenvalue weighted by atomic mass is 19.1. The van der Waals surface area contributed by atoms with E-state index >= 15 is 0 Å². The van der Waals surface area contributed by atoms with E-state index in [2.05, 4.69) is 0 Å². The fraction of sp³-hybridized carbons (Fsp3) is 0. The second kappa shape index (κ2) is 3.50. The molecule has 0 aliphatic heterocycles. The number of nitrogens with zero attached hydrogens (tertiary/aromatic N) is 1. The quantitative estimate of drug-likeness (QED) is 0.370. The zero-order chi connectivity index (χ0) is 14.1. The monoisotopic (exact) mass is 277 g/mol. The molecule has 1 nitrogen and oxygen atoms in total. The van der Waals surface area contributed by atoms with Gasteiger partial charge in [-0.3, -0.25) is 0 Å². The van der Waals surface area contributed by atoms with Crippen molar-refractivity contribution in [3.63, 3.8) is 0 Å². The molecule has 0 spiro atoms. The number of halogens is 2. The maximum Gasteiger partial charge on any atom is 0.133 e. The number of aromatic nitrogens is 1. The molecule has 3 heteroatoms. The summed E-state index contributed by atoms with van der Waals surface area (Å²) in [5, 5.41) is 2.86. The first-order valence-corrected chi connectivity index (χ1v) is 6.78. The van der Waals surface area contributed by atoms with Crippen molar-refractivity contribution in [2.45, 2.75) is 0 Å². The summed E-state index contributed by atoms with van der Waals surface area (Å²) < 4.78 is 30.5. The summed E-state index contributed by atoms with van der Waals surface area (Å²) in [5.41, 5.74) is 2.45. The Morgan fingerprint density at radius 3 is 1.62 bits per heavy atom. The molecule has 0 unspecified atom stereocenters. The molecule has 0 aliphatic carbocycles. The lowest BCUT2D eigenvalue weighted by atomic mass is 10.1.